The third kappa shape index (κ3) is 3.07. The average molecular weight is 363 g/mol. The van der Waals surface area contributed by atoms with Crippen LogP contribution in [0.4, 0.5) is 0 Å². The van der Waals surface area contributed by atoms with E-state index in [4.69, 9.17) is 21.7 Å². The Kier molecular flexibility index (Phi) is 4.41. The van der Waals surface area contributed by atoms with Crippen molar-refractivity contribution in [1.82, 2.24) is 14.8 Å². The van der Waals surface area contributed by atoms with Gasteiger partial charge in [0, 0.05) is 11.5 Å². The molecule has 6 heteroatoms. The topological polar surface area (TPSA) is 52.1 Å². The van der Waals surface area contributed by atoms with Crippen molar-refractivity contribution in [2.75, 3.05) is 7.11 Å². The molecule has 26 heavy (non-hydrogen) atoms. The normalized spacial score (nSPS) is 10.8. The molecule has 0 unspecified atom stereocenters. The quantitative estimate of drug-likeness (QED) is 0.524. The maximum absolute atomic E-state index is 6.06. The van der Waals surface area contributed by atoms with E-state index in [1.165, 1.54) is 0 Å². The van der Waals surface area contributed by atoms with Crippen LogP contribution >= 0.6 is 12.2 Å². The third-order valence-corrected chi connectivity index (χ3v) is 4.43. The molecular weight excluding hydrogens is 346 g/mol. The van der Waals surface area contributed by atoms with E-state index in [1.807, 2.05) is 59.2 Å². The van der Waals surface area contributed by atoms with Gasteiger partial charge < -0.3 is 9.47 Å². The molecule has 0 saturated carbocycles. The van der Waals surface area contributed by atoms with Crippen LogP contribution < -0.4 is 9.47 Å². The zero-order valence-electron chi connectivity index (χ0n) is 14.2. The summed E-state index contributed by atoms with van der Waals surface area (Å²) >= 11 is 5.39. The van der Waals surface area contributed by atoms with Crippen LogP contribution in [0.5, 0.6) is 11.5 Å². The molecule has 0 fully saturated rings. The Morgan fingerprint density at radius 1 is 1.04 bits per heavy atom. The van der Waals surface area contributed by atoms with Crippen LogP contribution in [0.25, 0.3) is 16.5 Å². The molecule has 0 saturated heterocycles. The summed E-state index contributed by atoms with van der Waals surface area (Å²) in [5.74, 6) is 2.26. The molecule has 1 N–H and O–H groups in total. The minimum atomic E-state index is 0.290. The predicted octanol–water partition coefficient (Wildman–Crippen LogP) is 4.67. The predicted molar refractivity (Wildman–Crippen MR) is 104 cm³/mol. The van der Waals surface area contributed by atoms with E-state index in [2.05, 4.69) is 22.3 Å². The van der Waals surface area contributed by atoms with Gasteiger partial charge in [0.15, 0.2) is 10.6 Å². The lowest BCUT2D eigenvalue weighted by Crippen LogP contribution is -2.06. The van der Waals surface area contributed by atoms with Gasteiger partial charge in [0.25, 0.3) is 0 Å². The number of rotatable bonds is 5. The van der Waals surface area contributed by atoms with Gasteiger partial charge in [-0.3, -0.25) is 9.67 Å². The summed E-state index contributed by atoms with van der Waals surface area (Å²) in [7, 11) is 1.64. The standard InChI is InChI=1S/C20H17N3O2S/c1-24-16-9-5-8-15(12-16)23-19(21-22-20(23)26)13-25-18-11-4-7-14-6-2-3-10-17(14)18/h2-12H,13H2,1H3,(H,22,26). The lowest BCUT2D eigenvalue weighted by molar-refractivity contribution is 0.297. The van der Waals surface area contributed by atoms with Gasteiger partial charge in [-0.1, -0.05) is 42.5 Å². The van der Waals surface area contributed by atoms with Crippen molar-refractivity contribution in [3.8, 4) is 17.2 Å². The van der Waals surface area contributed by atoms with Gasteiger partial charge in [-0.2, -0.15) is 5.10 Å². The molecule has 0 amide bonds. The van der Waals surface area contributed by atoms with Gasteiger partial charge in [-0.05, 0) is 35.8 Å². The minimum absolute atomic E-state index is 0.290. The second-order valence-electron chi connectivity index (χ2n) is 5.75. The van der Waals surface area contributed by atoms with Gasteiger partial charge in [-0.25, -0.2) is 0 Å². The number of hydrogen-bond donors (Lipinski definition) is 1. The number of aromatic nitrogens is 3. The van der Waals surface area contributed by atoms with Crippen LogP contribution in [0.15, 0.2) is 66.7 Å². The number of aromatic amines is 1. The number of nitrogens with one attached hydrogen (secondary N) is 1. The monoisotopic (exact) mass is 363 g/mol. The highest BCUT2D eigenvalue weighted by molar-refractivity contribution is 7.71. The van der Waals surface area contributed by atoms with E-state index in [1.54, 1.807) is 7.11 Å². The fourth-order valence-corrected chi connectivity index (χ4v) is 3.16. The molecule has 1 aromatic heterocycles. The maximum Gasteiger partial charge on any atom is 0.199 e. The highest BCUT2D eigenvalue weighted by Gasteiger charge is 2.11. The highest BCUT2D eigenvalue weighted by Crippen LogP contribution is 2.26. The van der Waals surface area contributed by atoms with Crippen molar-refractivity contribution < 1.29 is 9.47 Å². The maximum atomic E-state index is 6.06. The van der Waals surface area contributed by atoms with Crippen molar-refractivity contribution in [3.63, 3.8) is 0 Å². The number of ether oxygens (including phenoxy) is 2. The molecular formula is C20H17N3O2S. The Labute approximate surface area is 155 Å². The number of hydrogen-bond acceptors (Lipinski definition) is 4. The first kappa shape index (κ1) is 16.4. The summed E-state index contributed by atoms with van der Waals surface area (Å²) < 4.78 is 13.7. The van der Waals surface area contributed by atoms with E-state index in [0.717, 1.165) is 28.0 Å². The molecule has 0 aliphatic rings. The van der Waals surface area contributed by atoms with E-state index in [0.29, 0.717) is 17.2 Å². The number of H-pyrrole nitrogens is 1. The summed E-state index contributed by atoms with van der Waals surface area (Å²) in [4.78, 5) is 0. The van der Waals surface area contributed by atoms with Crippen LogP contribution in [0.2, 0.25) is 0 Å². The second kappa shape index (κ2) is 7.01. The summed E-state index contributed by atoms with van der Waals surface area (Å²) in [6.45, 7) is 0.290. The Hall–Kier alpha value is -3.12. The van der Waals surface area contributed by atoms with Crippen molar-refractivity contribution >= 4 is 23.0 Å². The van der Waals surface area contributed by atoms with Crippen molar-refractivity contribution in [1.29, 1.82) is 0 Å². The Morgan fingerprint density at radius 2 is 1.85 bits per heavy atom. The smallest absolute Gasteiger partial charge is 0.199 e. The first-order chi connectivity index (χ1) is 12.8. The van der Waals surface area contributed by atoms with Crippen molar-refractivity contribution in [3.05, 3.63) is 77.3 Å². The number of fused-ring (bicyclic) bond motifs is 1. The van der Waals surface area contributed by atoms with Gasteiger partial charge in [0.2, 0.25) is 0 Å². The van der Waals surface area contributed by atoms with Crippen LogP contribution in [0.3, 0.4) is 0 Å². The molecule has 0 bridgehead atoms. The van der Waals surface area contributed by atoms with Gasteiger partial charge in [-0.15, -0.1) is 0 Å². The molecule has 130 valence electrons. The minimum Gasteiger partial charge on any atom is -0.497 e. The number of nitrogens with zero attached hydrogens (tertiary/aromatic N) is 2. The lowest BCUT2D eigenvalue weighted by Gasteiger charge is -2.11. The first-order valence-electron chi connectivity index (χ1n) is 8.17. The van der Waals surface area contributed by atoms with Gasteiger partial charge in [0.1, 0.15) is 18.1 Å². The summed E-state index contributed by atoms with van der Waals surface area (Å²) in [5, 5.41) is 9.37. The fourth-order valence-electron chi connectivity index (χ4n) is 2.91. The molecule has 0 atom stereocenters. The number of methoxy groups -OCH3 is 1. The van der Waals surface area contributed by atoms with Crippen LogP contribution in [0, 0.1) is 4.77 Å². The van der Waals surface area contributed by atoms with E-state index in [-0.39, 0.29) is 0 Å². The molecule has 4 rings (SSSR count). The first-order valence-corrected chi connectivity index (χ1v) is 8.58. The SMILES string of the molecule is COc1cccc(-n2c(COc3cccc4ccccc34)n[nH]c2=S)c1. The molecule has 5 nitrogen and oxygen atoms in total. The Balaban J connectivity index is 1.66. The molecule has 0 spiro atoms. The molecule has 0 radical (unpaired) electrons. The lowest BCUT2D eigenvalue weighted by atomic mass is 10.1. The molecule has 3 aromatic carbocycles. The van der Waals surface area contributed by atoms with E-state index >= 15 is 0 Å². The molecule has 0 aliphatic carbocycles. The van der Waals surface area contributed by atoms with E-state index < -0.39 is 0 Å². The fraction of sp³-hybridized carbons (Fsp3) is 0.100. The van der Waals surface area contributed by atoms with Crippen LogP contribution in [0.1, 0.15) is 5.82 Å². The summed E-state index contributed by atoms with van der Waals surface area (Å²) in [6, 6.07) is 21.8. The van der Waals surface area contributed by atoms with Crippen molar-refractivity contribution in [2.24, 2.45) is 0 Å². The largest absolute Gasteiger partial charge is 0.497 e. The zero-order chi connectivity index (χ0) is 17.9. The zero-order valence-corrected chi connectivity index (χ0v) is 15.0. The molecule has 0 aliphatic heterocycles. The summed E-state index contributed by atoms with van der Waals surface area (Å²) in [5.41, 5.74) is 0.875. The Morgan fingerprint density at radius 3 is 2.73 bits per heavy atom. The number of benzene rings is 3. The van der Waals surface area contributed by atoms with Crippen molar-refractivity contribution in [2.45, 2.75) is 6.61 Å². The summed E-state index contributed by atoms with van der Waals surface area (Å²) in [6.07, 6.45) is 0. The van der Waals surface area contributed by atoms with Gasteiger partial charge in [0.05, 0.1) is 12.8 Å². The highest BCUT2D eigenvalue weighted by atomic mass is 32.1. The van der Waals surface area contributed by atoms with Crippen LogP contribution in [-0.4, -0.2) is 21.9 Å². The van der Waals surface area contributed by atoms with E-state index in [9.17, 15) is 0 Å². The Bertz CT molecular complexity index is 1110. The van der Waals surface area contributed by atoms with Gasteiger partial charge >= 0.3 is 0 Å². The third-order valence-electron chi connectivity index (χ3n) is 4.16. The second-order valence-corrected chi connectivity index (χ2v) is 6.13. The van der Waals surface area contributed by atoms with Crippen LogP contribution in [-0.2, 0) is 6.61 Å². The molecule has 4 aromatic rings. The molecule has 1 heterocycles. The average Bonchev–Trinajstić information content (AvgIpc) is 3.06.